The fraction of sp³-hybridized carbons (Fsp3) is 0.600. The van der Waals surface area contributed by atoms with Crippen LogP contribution < -0.4 is 5.32 Å². The minimum absolute atomic E-state index is 0.251. The number of para-hydroxylation sites is 1. The van der Waals surface area contributed by atoms with Crippen molar-refractivity contribution in [1.82, 2.24) is 10.2 Å². The predicted octanol–water partition coefficient (Wildman–Crippen LogP) is 1.68. The van der Waals surface area contributed by atoms with Crippen LogP contribution in [0, 0.1) is 22.0 Å². The van der Waals surface area contributed by atoms with Gasteiger partial charge in [-0.15, -0.1) is 0 Å². The Hall–Kier alpha value is -1.46. The van der Waals surface area contributed by atoms with E-state index in [0.29, 0.717) is 6.04 Å². The van der Waals surface area contributed by atoms with E-state index in [9.17, 15) is 10.1 Å². The van der Waals surface area contributed by atoms with Crippen molar-refractivity contribution in [3.8, 4) is 0 Å². The number of nitro benzene ring substituents is 1. The summed E-state index contributed by atoms with van der Waals surface area (Å²) in [6, 6.07) is 7.67. The third kappa shape index (κ3) is 2.43. The first-order valence-corrected chi connectivity index (χ1v) is 7.34. The number of fused-ring (bicyclic) bond motifs is 1. The standard InChI is InChI=1S/C15H21N3O2/c1-11-14-9-16-8-13(14)10-17(11)7-6-12-4-2-3-5-15(12)18(19)20/h2-5,11,13-14,16H,6-10H2,1H3. The van der Waals surface area contributed by atoms with Crippen LogP contribution in [0.2, 0.25) is 0 Å². The Morgan fingerprint density at radius 3 is 2.95 bits per heavy atom. The van der Waals surface area contributed by atoms with Crippen LogP contribution in [0.4, 0.5) is 5.69 Å². The van der Waals surface area contributed by atoms with Gasteiger partial charge < -0.3 is 5.32 Å². The molecule has 0 bridgehead atoms. The molecule has 1 aromatic rings. The van der Waals surface area contributed by atoms with E-state index in [-0.39, 0.29) is 10.6 Å². The Kier molecular flexibility index (Phi) is 3.72. The molecule has 2 heterocycles. The molecule has 3 unspecified atom stereocenters. The number of nitro groups is 1. The summed E-state index contributed by atoms with van der Waals surface area (Å²) < 4.78 is 0. The lowest BCUT2D eigenvalue weighted by Gasteiger charge is -2.24. The summed E-state index contributed by atoms with van der Waals surface area (Å²) in [5, 5.41) is 14.5. The summed E-state index contributed by atoms with van der Waals surface area (Å²) >= 11 is 0. The lowest BCUT2D eigenvalue weighted by molar-refractivity contribution is -0.385. The smallest absolute Gasteiger partial charge is 0.272 e. The molecule has 0 spiro atoms. The molecule has 0 radical (unpaired) electrons. The first-order chi connectivity index (χ1) is 9.66. The van der Waals surface area contributed by atoms with E-state index in [4.69, 9.17) is 0 Å². The maximum absolute atomic E-state index is 11.0. The highest BCUT2D eigenvalue weighted by Gasteiger charge is 2.41. The maximum atomic E-state index is 11.0. The van der Waals surface area contributed by atoms with Gasteiger partial charge in [-0.1, -0.05) is 18.2 Å². The average Bonchev–Trinajstić information content (AvgIpc) is 3.00. The second-order valence-corrected chi connectivity index (χ2v) is 5.95. The van der Waals surface area contributed by atoms with Crippen molar-refractivity contribution in [2.75, 3.05) is 26.2 Å². The zero-order valence-electron chi connectivity index (χ0n) is 11.8. The van der Waals surface area contributed by atoms with E-state index in [2.05, 4.69) is 17.1 Å². The van der Waals surface area contributed by atoms with E-state index in [1.54, 1.807) is 12.1 Å². The van der Waals surface area contributed by atoms with Gasteiger partial charge in [0.05, 0.1) is 4.92 Å². The topological polar surface area (TPSA) is 58.4 Å². The van der Waals surface area contributed by atoms with Crippen LogP contribution in [0.15, 0.2) is 24.3 Å². The number of hydrogen-bond donors (Lipinski definition) is 1. The van der Waals surface area contributed by atoms with Gasteiger partial charge in [0.2, 0.25) is 0 Å². The third-order valence-corrected chi connectivity index (χ3v) is 4.91. The van der Waals surface area contributed by atoms with E-state index in [0.717, 1.165) is 50.0 Å². The van der Waals surface area contributed by atoms with Crippen LogP contribution in [-0.4, -0.2) is 42.0 Å². The molecule has 5 heteroatoms. The van der Waals surface area contributed by atoms with E-state index in [1.165, 1.54) is 0 Å². The van der Waals surface area contributed by atoms with E-state index in [1.807, 2.05) is 12.1 Å². The Morgan fingerprint density at radius 1 is 1.40 bits per heavy atom. The summed E-state index contributed by atoms with van der Waals surface area (Å²) in [7, 11) is 0. The third-order valence-electron chi connectivity index (χ3n) is 4.91. The van der Waals surface area contributed by atoms with Crippen LogP contribution >= 0.6 is 0 Å². The Bertz CT molecular complexity index is 506. The van der Waals surface area contributed by atoms with Crippen molar-refractivity contribution >= 4 is 5.69 Å². The number of hydrogen-bond acceptors (Lipinski definition) is 4. The highest BCUT2D eigenvalue weighted by Crippen LogP contribution is 2.32. The van der Waals surface area contributed by atoms with Crippen molar-refractivity contribution in [3.05, 3.63) is 39.9 Å². The van der Waals surface area contributed by atoms with Crippen LogP contribution in [0.1, 0.15) is 12.5 Å². The minimum Gasteiger partial charge on any atom is -0.316 e. The number of rotatable bonds is 4. The number of nitrogens with one attached hydrogen (secondary N) is 1. The lowest BCUT2D eigenvalue weighted by Crippen LogP contribution is -2.34. The molecule has 3 atom stereocenters. The second kappa shape index (κ2) is 5.50. The van der Waals surface area contributed by atoms with Gasteiger partial charge in [0.15, 0.2) is 0 Å². The molecule has 2 fully saturated rings. The Balaban J connectivity index is 1.64. The van der Waals surface area contributed by atoms with E-state index < -0.39 is 0 Å². The van der Waals surface area contributed by atoms with Crippen molar-refractivity contribution in [2.45, 2.75) is 19.4 Å². The van der Waals surface area contributed by atoms with Crippen LogP contribution in [0.5, 0.6) is 0 Å². The summed E-state index contributed by atoms with van der Waals surface area (Å²) in [5.41, 5.74) is 1.10. The number of benzene rings is 1. The van der Waals surface area contributed by atoms with Crippen molar-refractivity contribution in [1.29, 1.82) is 0 Å². The monoisotopic (exact) mass is 275 g/mol. The molecule has 2 aliphatic heterocycles. The Morgan fingerprint density at radius 2 is 2.20 bits per heavy atom. The molecule has 0 saturated carbocycles. The van der Waals surface area contributed by atoms with Crippen molar-refractivity contribution < 1.29 is 4.92 Å². The number of nitrogens with zero attached hydrogens (tertiary/aromatic N) is 2. The highest BCUT2D eigenvalue weighted by atomic mass is 16.6. The molecule has 2 aliphatic rings. The summed E-state index contributed by atoms with van der Waals surface area (Å²) in [6.45, 7) is 6.57. The molecule has 2 saturated heterocycles. The fourth-order valence-corrected chi connectivity index (χ4v) is 3.72. The van der Waals surface area contributed by atoms with Crippen molar-refractivity contribution in [2.24, 2.45) is 11.8 Å². The molecule has 108 valence electrons. The quantitative estimate of drug-likeness (QED) is 0.671. The highest BCUT2D eigenvalue weighted by molar-refractivity contribution is 5.39. The minimum atomic E-state index is -0.276. The lowest BCUT2D eigenvalue weighted by atomic mass is 9.95. The van der Waals surface area contributed by atoms with Crippen molar-refractivity contribution in [3.63, 3.8) is 0 Å². The zero-order valence-corrected chi connectivity index (χ0v) is 11.8. The molecule has 3 rings (SSSR count). The summed E-state index contributed by atoms with van der Waals surface area (Å²) in [6.07, 6.45) is 0.758. The van der Waals surface area contributed by atoms with Gasteiger partial charge in [-0.3, -0.25) is 15.0 Å². The van der Waals surface area contributed by atoms with Crippen LogP contribution in [-0.2, 0) is 6.42 Å². The largest absolute Gasteiger partial charge is 0.316 e. The molecule has 1 aromatic carbocycles. The Labute approximate surface area is 119 Å². The van der Waals surface area contributed by atoms with Gasteiger partial charge in [0.1, 0.15) is 0 Å². The molecule has 0 aliphatic carbocycles. The number of likely N-dealkylation sites (tertiary alicyclic amines) is 1. The molecule has 0 amide bonds. The zero-order chi connectivity index (χ0) is 14.1. The first-order valence-electron chi connectivity index (χ1n) is 7.34. The molecule has 0 aromatic heterocycles. The molecular weight excluding hydrogens is 254 g/mol. The fourth-order valence-electron chi connectivity index (χ4n) is 3.72. The van der Waals surface area contributed by atoms with Gasteiger partial charge >= 0.3 is 0 Å². The van der Waals surface area contributed by atoms with Gasteiger partial charge in [-0.25, -0.2) is 0 Å². The summed E-state index contributed by atoms with van der Waals surface area (Å²) in [4.78, 5) is 13.2. The molecular formula is C15H21N3O2. The van der Waals surface area contributed by atoms with Gasteiger partial charge in [0, 0.05) is 30.8 Å². The molecule has 20 heavy (non-hydrogen) atoms. The predicted molar refractivity (Wildman–Crippen MR) is 77.7 cm³/mol. The van der Waals surface area contributed by atoms with E-state index >= 15 is 0 Å². The van der Waals surface area contributed by atoms with Crippen LogP contribution in [0.3, 0.4) is 0 Å². The maximum Gasteiger partial charge on any atom is 0.272 e. The van der Waals surface area contributed by atoms with Crippen LogP contribution in [0.25, 0.3) is 0 Å². The SMILES string of the molecule is CC1C2CNCC2CN1CCc1ccccc1[N+](=O)[O-]. The van der Waals surface area contributed by atoms with Gasteiger partial charge in [-0.05, 0) is 38.3 Å². The normalized spacial score (nSPS) is 29.6. The van der Waals surface area contributed by atoms with Gasteiger partial charge in [0.25, 0.3) is 5.69 Å². The first kappa shape index (κ1) is 13.5. The second-order valence-electron chi connectivity index (χ2n) is 5.95. The average molecular weight is 275 g/mol. The molecule has 1 N–H and O–H groups in total. The summed E-state index contributed by atoms with van der Waals surface area (Å²) in [5.74, 6) is 1.51. The molecule has 5 nitrogen and oxygen atoms in total. The van der Waals surface area contributed by atoms with Gasteiger partial charge in [-0.2, -0.15) is 0 Å².